The van der Waals surface area contributed by atoms with E-state index in [1.807, 2.05) is 12.2 Å². The molecule has 0 aliphatic rings. The third kappa shape index (κ3) is 5.76. The van der Waals surface area contributed by atoms with Crippen molar-refractivity contribution in [3.63, 3.8) is 0 Å². The molecule has 0 aromatic heterocycles. The molecule has 0 saturated carbocycles. The lowest BCUT2D eigenvalue weighted by Gasteiger charge is -2.35. The first kappa shape index (κ1) is 24.0. The smallest absolute Gasteiger partial charge is 0.0326 e. The van der Waals surface area contributed by atoms with Gasteiger partial charge in [-0.25, -0.2) is 0 Å². The molecule has 0 saturated heterocycles. The molecule has 2 nitrogen and oxygen atoms in total. The molecule has 0 amide bonds. The van der Waals surface area contributed by atoms with Crippen LogP contribution in [-0.4, -0.2) is 18.0 Å². The van der Waals surface area contributed by atoms with Crippen LogP contribution in [-0.2, 0) is 0 Å². The maximum Gasteiger partial charge on any atom is 0.0326 e. The van der Waals surface area contributed by atoms with Crippen LogP contribution in [0.25, 0.3) is 0 Å². The number of nitrogens with two attached hydrogens (primary N) is 1. The molecule has 166 valence electrons. The van der Waals surface area contributed by atoms with Gasteiger partial charge in [-0.15, -0.1) is 0 Å². The van der Waals surface area contributed by atoms with E-state index in [4.69, 9.17) is 5.73 Å². The Balaban J connectivity index is 1.99. The highest BCUT2D eigenvalue weighted by Crippen LogP contribution is 2.36. The van der Waals surface area contributed by atoms with Gasteiger partial charge in [0.05, 0.1) is 0 Å². The zero-order valence-electron chi connectivity index (χ0n) is 19.6. The number of benzene rings is 3. The normalized spacial score (nSPS) is 14.9. The predicted molar refractivity (Wildman–Crippen MR) is 142 cm³/mol. The number of allylic oxidation sites excluding steroid dienone is 2. The van der Waals surface area contributed by atoms with Gasteiger partial charge in [-0.2, -0.15) is 0 Å². The maximum absolute atomic E-state index is 5.48. The minimum absolute atomic E-state index is 0.291. The van der Waals surface area contributed by atoms with Crippen molar-refractivity contribution in [2.45, 2.75) is 32.9 Å². The molecule has 0 radical (unpaired) electrons. The third-order valence-electron chi connectivity index (χ3n) is 6.31. The lowest BCUT2D eigenvalue weighted by molar-refractivity contribution is 0.169. The Bertz CT molecular complexity index is 974. The van der Waals surface area contributed by atoms with E-state index in [1.54, 1.807) is 6.20 Å². The van der Waals surface area contributed by atoms with Crippen LogP contribution in [0.1, 0.15) is 32.4 Å². The first-order valence-corrected chi connectivity index (χ1v) is 12.6. The molecule has 3 unspecified atom stereocenters. The van der Waals surface area contributed by atoms with Crippen LogP contribution in [0.4, 0.5) is 0 Å². The van der Waals surface area contributed by atoms with Crippen molar-refractivity contribution in [2.75, 3.05) is 7.05 Å². The first-order valence-electron chi connectivity index (χ1n) is 11.3. The summed E-state index contributed by atoms with van der Waals surface area (Å²) in [5, 5.41) is 4.20. The third-order valence-corrected chi connectivity index (χ3v) is 8.83. The van der Waals surface area contributed by atoms with E-state index in [0.717, 1.165) is 0 Å². The van der Waals surface area contributed by atoms with E-state index >= 15 is 0 Å². The second-order valence-corrected chi connectivity index (χ2v) is 10.5. The van der Waals surface area contributed by atoms with Crippen LogP contribution in [0.3, 0.4) is 0 Å². The molecule has 2 N–H and O–H groups in total. The average Bonchev–Trinajstić information content (AvgIpc) is 2.84. The highest BCUT2D eigenvalue weighted by molar-refractivity contribution is 7.79. The average molecular weight is 443 g/mol. The topological polar surface area (TPSA) is 29.3 Å². The fraction of sp³-hybridized carbons (Fsp3) is 0.241. The van der Waals surface area contributed by atoms with Gasteiger partial charge in [0, 0.05) is 12.1 Å². The summed E-state index contributed by atoms with van der Waals surface area (Å²) in [5.74, 6) is 0.413. The summed E-state index contributed by atoms with van der Waals surface area (Å²) >= 11 is 0. The minimum atomic E-state index is -0.634. The van der Waals surface area contributed by atoms with Crippen molar-refractivity contribution in [1.29, 1.82) is 0 Å². The van der Waals surface area contributed by atoms with Gasteiger partial charge in [-0.3, -0.25) is 4.90 Å². The van der Waals surface area contributed by atoms with Crippen molar-refractivity contribution < 1.29 is 0 Å². The Kier molecular flexibility index (Phi) is 8.85. The van der Waals surface area contributed by atoms with E-state index in [-0.39, 0.29) is 0 Å². The zero-order valence-corrected chi connectivity index (χ0v) is 20.5. The van der Waals surface area contributed by atoms with E-state index < -0.39 is 7.92 Å². The molecule has 3 rings (SSSR count). The Hall–Kier alpha value is -2.67. The quantitative estimate of drug-likeness (QED) is 0.351. The largest absolute Gasteiger partial charge is 0.405 e. The summed E-state index contributed by atoms with van der Waals surface area (Å²) in [6.45, 7) is 6.90. The van der Waals surface area contributed by atoms with Crippen LogP contribution in [0, 0.1) is 5.92 Å². The van der Waals surface area contributed by atoms with Gasteiger partial charge in [0.25, 0.3) is 0 Å². The molecule has 32 heavy (non-hydrogen) atoms. The summed E-state index contributed by atoms with van der Waals surface area (Å²) in [4.78, 5) is 2.49. The van der Waals surface area contributed by atoms with Gasteiger partial charge in [0.2, 0.25) is 0 Å². The Morgan fingerprint density at radius 2 is 1.28 bits per heavy atom. The summed E-state index contributed by atoms with van der Waals surface area (Å²) in [6, 6.07) is 31.5. The lowest BCUT2D eigenvalue weighted by Crippen LogP contribution is -2.37. The highest BCUT2D eigenvalue weighted by atomic mass is 31.1. The van der Waals surface area contributed by atoms with Crippen molar-refractivity contribution in [2.24, 2.45) is 11.7 Å². The number of nitrogens with zero attached hydrogens (tertiary/aromatic N) is 1. The zero-order chi connectivity index (χ0) is 22.9. The van der Waals surface area contributed by atoms with Crippen LogP contribution in [0.2, 0.25) is 0 Å². The molecule has 3 atom stereocenters. The Labute approximate surface area is 195 Å². The van der Waals surface area contributed by atoms with Crippen molar-refractivity contribution in [3.8, 4) is 0 Å². The molecule has 3 aromatic carbocycles. The minimum Gasteiger partial charge on any atom is -0.405 e. The molecule has 0 aliphatic carbocycles. The molecular weight excluding hydrogens is 407 g/mol. The first-order chi connectivity index (χ1) is 15.5. The molecular formula is C29H35N2P. The monoisotopic (exact) mass is 442 g/mol. The Morgan fingerprint density at radius 3 is 1.84 bits per heavy atom. The molecule has 0 aliphatic heterocycles. The van der Waals surface area contributed by atoms with Crippen LogP contribution in [0.5, 0.6) is 0 Å². The SMILES string of the molecule is CC(/C=C\C=C/N)C(C)N(C)C(C)c1ccccc1P(c1ccccc1)c1ccccc1. The summed E-state index contributed by atoms with van der Waals surface area (Å²) < 4.78 is 0. The molecule has 3 aromatic rings. The fourth-order valence-electron chi connectivity index (χ4n) is 4.03. The van der Waals surface area contributed by atoms with Gasteiger partial charge in [-0.1, -0.05) is 104 Å². The molecule has 0 bridgehead atoms. The standard InChI is InChI=1S/C29H35N2P/c1-23(15-13-14-22-30)24(2)31(4)25(3)28-20-11-12-21-29(28)32(26-16-7-5-8-17-26)27-18-9-6-10-19-27/h5-25H,30H2,1-4H3/b15-13-,22-14-. The number of hydrogen-bond acceptors (Lipinski definition) is 2. The van der Waals surface area contributed by atoms with Crippen molar-refractivity contribution >= 4 is 23.8 Å². The maximum atomic E-state index is 5.48. The second kappa shape index (κ2) is 11.8. The van der Waals surface area contributed by atoms with Gasteiger partial charge in [0.1, 0.15) is 0 Å². The van der Waals surface area contributed by atoms with Crippen LogP contribution in [0.15, 0.2) is 109 Å². The van der Waals surface area contributed by atoms with Crippen LogP contribution >= 0.6 is 7.92 Å². The van der Waals surface area contributed by atoms with Gasteiger partial charge in [0.15, 0.2) is 0 Å². The number of rotatable bonds is 9. The Morgan fingerprint density at radius 1 is 0.750 bits per heavy atom. The number of hydrogen-bond donors (Lipinski definition) is 1. The molecule has 0 spiro atoms. The van der Waals surface area contributed by atoms with Crippen molar-refractivity contribution in [3.05, 3.63) is 115 Å². The van der Waals surface area contributed by atoms with Crippen molar-refractivity contribution in [1.82, 2.24) is 4.90 Å². The summed E-state index contributed by atoms with van der Waals surface area (Å²) in [5.41, 5.74) is 6.88. The van der Waals surface area contributed by atoms with Gasteiger partial charge in [-0.05, 0) is 68.5 Å². The molecule has 0 heterocycles. The van der Waals surface area contributed by atoms with E-state index in [1.165, 1.54) is 21.5 Å². The van der Waals surface area contributed by atoms with E-state index in [0.29, 0.717) is 18.0 Å². The molecule has 0 fully saturated rings. The molecule has 3 heteroatoms. The second-order valence-electron chi connectivity index (χ2n) is 8.28. The van der Waals surface area contributed by atoms with Crippen LogP contribution < -0.4 is 21.6 Å². The summed E-state index contributed by atoms with van der Waals surface area (Å²) in [6.07, 6.45) is 7.72. The van der Waals surface area contributed by atoms with E-state index in [2.05, 4.69) is 124 Å². The summed E-state index contributed by atoms with van der Waals surface area (Å²) in [7, 11) is 1.60. The fourth-order valence-corrected chi connectivity index (χ4v) is 6.58. The van der Waals surface area contributed by atoms with Gasteiger partial charge < -0.3 is 5.73 Å². The predicted octanol–water partition coefficient (Wildman–Crippen LogP) is 5.49. The van der Waals surface area contributed by atoms with E-state index in [9.17, 15) is 0 Å². The highest BCUT2D eigenvalue weighted by Gasteiger charge is 2.26. The lowest BCUT2D eigenvalue weighted by atomic mass is 9.98. The van der Waals surface area contributed by atoms with Gasteiger partial charge >= 0.3 is 0 Å².